The van der Waals surface area contributed by atoms with E-state index in [4.69, 9.17) is 4.74 Å². The number of hydrogen-bond donors (Lipinski definition) is 0. The number of halogens is 2. The molecule has 2 aliphatic rings. The zero-order chi connectivity index (χ0) is 18.0. The Morgan fingerprint density at radius 3 is 2.08 bits per heavy atom. The molecule has 0 aromatic heterocycles. The number of rotatable bonds is 6. The van der Waals surface area contributed by atoms with Crippen LogP contribution in [-0.4, -0.2) is 37.1 Å². The number of ether oxygens (including phenoxy) is 1. The summed E-state index contributed by atoms with van der Waals surface area (Å²) in [6.45, 7) is 3.86. The first kappa shape index (κ1) is 17.5. The van der Waals surface area contributed by atoms with E-state index in [1.54, 1.807) is 24.3 Å². The number of hydrogen-bond acceptors (Lipinski definition) is 2. The predicted molar refractivity (Wildman–Crippen MR) is 99.0 cm³/mol. The molecule has 2 aromatic carbocycles. The molecule has 0 bridgehead atoms. The first-order valence-electron chi connectivity index (χ1n) is 9.51. The Morgan fingerprint density at radius 2 is 1.46 bits per heavy atom. The maximum atomic E-state index is 14.3. The quantitative estimate of drug-likeness (QED) is 0.731. The molecule has 2 fully saturated rings. The van der Waals surface area contributed by atoms with Crippen molar-refractivity contribution in [2.75, 3.05) is 26.2 Å². The second-order valence-corrected chi connectivity index (χ2v) is 7.43. The summed E-state index contributed by atoms with van der Waals surface area (Å²) in [4.78, 5) is 2.42. The summed E-state index contributed by atoms with van der Waals surface area (Å²) in [5, 5.41) is 0. The Kier molecular flexibility index (Phi) is 4.70. The lowest BCUT2D eigenvalue weighted by Gasteiger charge is -2.26. The van der Waals surface area contributed by atoms with Crippen LogP contribution < -0.4 is 4.74 Å². The Hall–Kier alpha value is -1.94. The minimum Gasteiger partial charge on any atom is -0.492 e. The molecule has 1 aliphatic heterocycles. The molecule has 26 heavy (non-hydrogen) atoms. The van der Waals surface area contributed by atoms with Gasteiger partial charge in [-0.15, -0.1) is 0 Å². The molecule has 1 saturated heterocycles. The van der Waals surface area contributed by atoms with Crippen LogP contribution >= 0.6 is 0 Å². The van der Waals surface area contributed by atoms with Crippen LogP contribution in [0.25, 0.3) is 0 Å². The fourth-order valence-corrected chi connectivity index (χ4v) is 4.12. The molecule has 1 saturated carbocycles. The van der Waals surface area contributed by atoms with Gasteiger partial charge in [0.05, 0.1) is 5.41 Å². The summed E-state index contributed by atoms with van der Waals surface area (Å²) in [6.07, 6.45) is 3.74. The molecule has 1 atom stereocenters. The lowest BCUT2D eigenvalue weighted by molar-refractivity contribution is 0.0966. The van der Waals surface area contributed by atoms with Crippen molar-refractivity contribution in [2.24, 2.45) is 0 Å². The van der Waals surface area contributed by atoms with E-state index in [-0.39, 0.29) is 6.42 Å². The predicted octanol–water partition coefficient (Wildman–Crippen LogP) is 4.88. The zero-order valence-corrected chi connectivity index (χ0v) is 15.0. The Bertz CT molecular complexity index is 726. The highest BCUT2D eigenvalue weighted by atomic mass is 19.3. The van der Waals surface area contributed by atoms with E-state index in [1.165, 1.54) is 19.3 Å². The maximum Gasteiger partial charge on any atom is 0.263 e. The number of nitrogens with zero attached hydrogens (tertiary/aromatic N) is 1. The van der Waals surface area contributed by atoms with Crippen molar-refractivity contribution in [1.82, 2.24) is 4.90 Å². The SMILES string of the molecule is FC1(F)CC1(c1ccccc1)c1ccc(OCCN2CCCCC2)cc1. The summed E-state index contributed by atoms with van der Waals surface area (Å²) in [6, 6.07) is 16.3. The van der Waals surface area contributed by atoms with E-state index >= 15 is 0 Å². The van der Waals surface area contributed by atoms with Crippen molar-refractivity contribution in [2.45, 2.75) is 37.0 Å². The fraction of sp³-hybridized carbons (Fsp3) is 0.455. The van der Waals surface area contributed by atoms with Crippen LogP contribution in [0.3, 0.4) is 0 Å². The number of likely N-dealkylation sites (tertiary alicyclic amines) is 1. The van der Waals surface area contributed by atoms with Crippen LogP contribution in [-0.2, 0) is 5.41 Å². The van der Waals surface area contributed by atoms with Gasteiger partial charge in [-0.2, -0.15) is 0 Å². The van der Waals surface area contributed by atoms with Crippen LogP contribution in [0.2, 0.25) is 0 Å². The second kappa shape index (κ2) is 6.99. The first-order chi connectivity index (χ1) is 12.6. The molecule has 1 aliphatic carbocycles. The van der Waals surface area contributed by atoms with Gasteiger partial charge in [-0.05, 0) is 49.2 Å². The monoisotopic (exact) mass is 357 g/mol. The van der Waals surface area contributed by atoms with Crippen molar-refractivity contribution >= 4 is 0 Å². The third-order valence-electron chi connectivity index (χ3n) is 5.73. The van der Waals surface area contributed by atoms with Gasteiger partial charge in [0.25, 0.3) is 5.92 Å². The molecular weight excluding hydrogens is 332 g/mol. The van der Waals surface area contributed by atoms with Crippen molar-refractivity contribution in [3.8, 4) is 5.75 Å². The average Bonchev–Trinajstić information content (AvgIpc) is 3.27. The van der Waals surface area contributed by atoms with Gasteiger partial charge in [0, 0.05) is 13.0 Å². The third-order valence-corrected chi connectivity index (χ3v) is 5.73. The van der Waals surface area contributed by atoms with Crippen molar-refractivity contribution in [3.05, 3.63) is 65.7 Å². The Morgan fingerprint density at radius 1 is 0.846 bits per heavy atom. The lowest BCUT2D eigenvalue weighted by Crippen LogP contribution is -2.33. The standard InChI is InChI=1S/C22H25F2NO/c23-22(24)17-21(22,18-7-3-1-4-8-18)19-9-11-20(12-10-19)26-16-15-25-13-5-2-6-14-25/h1,3-4,7-12H,2,5-6,13-17H2. The minimum absolute atomic E-state index is 0.126. The average molecular weight is 357 g/mol. The van der Waals surface area contributed by atoms with E-state index in [2.05, 4.69) is 4.90 Å². The van der Waals surface area contributed by atoms with Crippen molar-refractivity contribution in [3.63, 3.8) is 0 Å². The van der Waals surface area contributed by atoms with Gasteiger partial charge in [-0.1, -0.05) is 48.9 Å². The molecule has 4 rings (SSSR count). The van der Waals surface area contributed by atoms with Gasteiger partial charge < -0.3 is 4.74 Å². The van der Waals surface area contributed by atoms with E-state index < -0.39 is 11.3 Å². The van der Waals surface area contributed by atoms with Crippen LogP contribution in [0, 0.1) is 0 Å². The molecule has 2 aromatic rings. The Balaban J connectivity index is 1.42. The van der Waals surface area contributed by atoms with E-state index in [0.29, 0.717) is 17.7 Å². The number of benzene rings is 2. The fourth-order valence-electron chi connectivity index (χ4n) is 4.12. The van der Waals surface area contributed by atoms with Gasteiger partial charge in [0.15, 0.2) is 0 Å². The topological polar surface area (TPSA) is 12.5 Å². The van der Waals surface area contributed by atoms with Crippen LogP contribution in [0.5, 0.6) is 5.75 Å². The molecule has 1 heterocycles. The normalized spacial score (nSPS) is 25.0. The van der Waals surface area contributed by atoms with E-state index in [0.717, 1.165) is 25.4 Å². The van der Waals surface area contributed by atoms with Gasteiger partial charge in [0.2, 0.25) is 0 Å². The maximum absolute atomic E-state index is 14.3. The van der Waals surface area contributed by atoms with Gasteiger partial charge in [-0.3, -0.25) is 4.90 Å². The summed E-state index contributed by atoms with van der Waals surface area (Å²) in [7, 11) is 0. The summed E-state index contributed by atoms with van der Waals surface area (Å²) >= 11 is 0. The first-order valence-corrected chi connectivity index (χ1v) is 9.51. The molecule has 138 valence electrons. The van der Waals surface area contributed by atoms with Gasteiger partial charge >= 0.3 is 0 Å². The highest BCUT2D eigenvalue weighted by molar-refractivity contribution is 5.51. The van der Waals surface area contributed by atoms with E-state index in [1.807, 2.05) is 30.3 Å². The summed E-state index contributed by atoms with van der Waals surface area (Å²) in [5.41, 5.74) is 0.168. The van der Waals surface area contributed by atoms with Crippen molar-refractivity contribution < 1.29 is 13.5 Å². The summed E-state index contributed by atoms with van der Waals surface area (Å²) in [5.74, 6) is -1.94. The largest absolute Gasteiger partial charge is 0.492 e. The second-order valence-electron chi connectivity index (χ2n) is 7.43. The molecule has 0 radical (unpaired) electrons. The highest BCUT2D eigenvalue weighted by Crippen LogP contribution is 2.65. The van der Waals surface area contributed by atoms with E-state index in [9.17, 15) is 8.78 Å². The molecule has 0 amide bonds. The Labute approximate surface area is 153 Å². The van der Waals surface area contributed by atoms with Gasteiger partial charge in [-0.25, -0.2) is 8.78 Å². The lowest BCUT2D eigenvalue weighted by atomic mass is 9.87. The number of piperidine rings is 1. The molecule has 2 nitrogen and oxygen atoms in total. The molecule has 1 unspecified atom stereocenters. The van der Waals surface area contributed by atoms with Gasteiger partial charge in [0.1, 0.15) is 12.4 Å². The third kappa shape index (κ3) is 3.23. The summed E-state index contributed by atoms with van der Waals surface area (Å²) < 4.78 is 34.4. The van der Waals surface area contributed by atoms with Crippen LogP contribution in [0.1, 0.15) is 36.8 Å². The van der Waals surface area contributed by atoms with Crippen LogP contribution in [0.15, 0.2) is 54.6 Å². The molecular formula is C22H25F2NO. The smallest absolute Gasteiger partial charge is 0.263 e. The molecule has 0 N–H and O–H groups in total. The van der Waals surface area contributed by atoms with Crippen LogP contribution in [0.4, 0.5) is 8.78 Å². The minimum atomic E-state index is -2.69. The highest BCUT2D eigenvalue weighted by Gasteiger charge is 2.72. The van der Waals surface area contributed by atoms with Crippen molar-refractivity contribution in [1.29, 1.82) is 0 Å². The number of alkyl halides is 2. The molecule has 0 spiro atoms. The molecule has 4 heteroatoms. The zero-order valence-electron chi connectivity index (χ0n) is 15.0.